The summed E-state index contributed by atoms with van der Waals surface area (Å²) in [6.07, 6.45) is 10.3. The van der Waals surface area contributed by atoms with Crippen molar-refractivity contribution in [2.24, 2.45) is 0 Å². The smallest absolute Gasteiger partial charge is 0.338 e. The van der Waals surface area contributed by atoms with Gasteiger partial charge in [-0.05, 0) is 251 Å². The number of carboxylic acids is 1. The zero-order valence-electron chi connectivity index (χ0n) is 72.2. The number of esters is 3. The minimum atomic E-state index is -0.935. The van der Waals surface area contributed by atoms with E-state index in [0.29, 0.717) is 104 Å². The van der Waals surface area contributed by atoms with Crippen LogP contribution in [-0.2, 0) is 49.6 Å². The van der Waals surface area contributed by atoms with E-state index >= 15 is 4.39 Å². The molecule has 0 saturated carbocycles. The molecule has 0 fully saturated rings. The maximum absolute atomic E-state index is 15.4. The lowest BCUT2D eigenvalue weighted by molar-refractivity contribution is -0.144. The molecule has 0 spiro atoms. The molecule has 0 aliphatic heterocycles. The van der Waals surface area contributed by atoms with Crippen LogP contribution >= 0.6 is 0 Å². The summed E-state index contributed by atoms with van der Waals surface area (Å²) in [6, 6.07) is 62.8. The van der Waals surface area contributed by atoms with Gasteiger partial charge in [0.05, 0.1) is 40.6 Å². The topological polar surface area (TPSA) is 251 Å². The SMILES string of the molecule is C=C(C)C(=O)O.C=C(C)C(=O)Oc1ccc(-c2ccc(-c3ccc4c(c3)CCC4OC(=O)C(=C)C)c(F)c2)cc1OC(=O)C(=C)C.COc1ccc(-c2ccc(-c3ccc4c(c3)CCC4=O)c(F)c2)cc1OC.COc1ccc(-c2ccc(-c3ccc4c(c3)CCC4O)c(F)c2)cc1OC.Oc1ccc(-c2ccc(-c3ccc4c(c3)CCC4O)c(F)c2)cc1O.[2H]C#C. The summed E-state index contributed by atoms with van der Waals surface area (Å²) in [5.74, 6) is -1.90. The number of hydrogen-bond donors (Lipinski definition) is 5. The van der Waals surface area contributed by atoms with Crippen LogP contribution in [0.3, 0.4) is 0 Å². The van der Waals surface area contributed by atoms with E-state index in [4.69, 9.17) is 39.6 Å². The molecular weight excluding hydrogens is 1620 g/mol. The number of aromatic hydroxyl groups is 2. The standard InChI is InChI=1S/C33H29FO6.C23H21FO3.C23H19FO3.C21H17FO3.C4H6O2.C2H2/c1-18(2)31(35)38-28-13-10-24-15-23(8-12-26(24)28)25-11-7-21(16-27(25)34)22-9-14-29(39-32(36)19(3)4)30(17-22)40-33(37)20(5)6;2*1-26-22-10-6-15(13-23(22)27-2)14-3-7-18(20(24)12-14)16-4-8-19-17(11-16)5-9-21(19)25;22-18-10-12(13-3-8-20(24)21(25)11-13)1-5-16(18)14-2-6-17-15(9-14)4-7-19(17)23;1-3(2)4(5)6;1-2/h7-9,11-12,14-17,28H,1,3,5,10,13H2,2,4,6H3;3-4,6-8,10-13,21,25H,5,9H2,1-2H3;3-4,6-8,10-13H,5,9H2,1-2H3;1-3,5-6,8-11,19,23-25H,4,7H2;1H2,2H3,(H,5,6);1-2H/i;;;;;1D. The van der Waals surface area contributed by atoms with Gasteiger partial charge in [0.2, 0.25) is 0 Å². The number of benzene rings is 12. The molecule has 17 nitrogen and oxygen atoms in total. The second kappa shape index (κ2) is 41.6. The molecule has 0 heterocycles. The van der Waals surface area contributed by atoms with Crippen LogP contribution in [0.2, 0.25) is 0 Å². The number of aliphatic hydroxyl groups is 2. The predicted octanol–water partition coefficient (Wildman–Crippen LogP) is 23.1. The maximum atomic E-state index is 15.4. The number of halogens is 4. The Balaban J connectivity index is 0.000000162. The molecule has 16 rings (SSSR count). The van der Waals surface area contributed by atoms with Gasteiger partial charge < -0.3 is 58.7 Å². The number of ether oxygens (including phenoxy) is 7. The van der Waals surface area contributed by atoms with Crippen LogP contribution in [0.4, 0.5) is 17.6 Å². The molecule has 21 heteroatoms. The number of hydrogen-bond acceptors (Lipinski definition) is 16. The van der Waals surface area contributed by atoms with Crippen molar-refractivity contribution in [2.45, 2.75) is 97.4 Å². The van der Waals surface area contributed by atoms with Gasteiger partial charge >= 0.3 is 23.9 Å². The minimum absolute atomic E-state index is 0.00916. The van der Waals surface area contributed by atoms with Crippen LogP contribution in [0.15, 0.2) is 267 Å². The molecule has 4 aliphatic rings. The largest absolute Gasteiger partial charge is 0.504 e. The number of phenols is 2. The van der Waals surface area contributed by atoms with Gasteiger partial charge in [0.25, 0.3) is 0 Å². The molecule has 0 amide bonds. The Kier molecular flexibility index (Phi) is 29.9. The number of fused-ring (bicyclic) bond motifs is 4. The summed E-state index contributed by atoms with van der Waals surface area (Å²) in [5.41, 5.74) is 19.2. The number of phenolic OH excluding ortho intramolecular Hbond substituents is 2. The Labute approximate surface area is 735 Å². The highest BCUT2D eigenvalue weighted by atomic mass is 19.1. The lowest BCUT2D eigenvalue weighted by Crippen LogP contribution is -2.12. The summed E-state index contributed by atoms with van der Waals surface area (Å²) >= 11 is 0. The number of Topliss-reactive ketones (excluding diaryl/α,β-unsaturated/α-hetero) is 1. The molecule has 648 valence electrons. The van der Waals surface area contributed by atoms with E-state index in [9.17, 15) is 57.6 Å². The van der Waals surface area contributed by atoms with Crippen molar-refractivity contribution in [2.75, 3.05) is 28.4 Å². The number of carboxylic acid groups (broad SMARTS) is 1. The highest BCUT2D eigenvalue weighted by Gasteiger charge is 2.29. The average molecular weight is 1720 g/mol. The molecule has 0 aromatic heterocycles. The first-order valence-corrected chi connectivity index (χ1v) is 40.3. The molecule has 0 bridgehead atoms. The summed E-state index contributed by atoms with van der Waals surface area (Å²) in [6.45, 7) is 20.0. The van der Waals surface area contributed by atoms with E-state index in [1.54, 1.807) is 96.0 Å². The second-order valence-corrected chi connectivity index (χ2v) is 30.6. The molecule has 5 N–H and O–H groups in total. The van der Waals surface area contributed by atoms with Gasteiger partial charge in [-0.2, -0.15) is 0 Å². The van der Waals surface area contributed by atoms with E-state index in [1.807, 2.05) is 115 Å². The van der Waals surface area contributed by atoms with Crippen LogP contribution in [0, 0.1) is 36.1 Å². The maximum Gasteiger partial charge on any atom is 0.338 e. The van der Waals surface area contributed by atoms with Crippen molar-refractivity contribution < 1.29 is 102 Å². The molecule has 12 aromatic rings. The highest BCUT2D eigenvalue weighted by Crippen LogP contribution is 2.44. The number of aliphatic carboxylic acids is 1. The molecule has 0 radical (unpaired) electrons. The van der Waals surface area contributed by atoms with Crippen LogP contribution in [0.5, 0.6) is 46.0 Å². The van der Waals surface area contributed by atoms with Crippen molar-refractivity contribution in [1.29, 1.82) is 0 Å². The van der Waals surface area contributed by atoms with Gasteiger partial charge in [-0.3, -0.25) is 4.79 Å². The van der Waals surface area contributed by atoms with Crippen molar-refractivity contribution in [3.05, 3.63) is 335 Å². The number of aliphatic hydroxyl groups excluding tert-OH is 2. The van der Waals surface area contributed by atoms with Crippen LogP contribution in [-0.4, -0.2) is 83.6 Å². The van der Waals surface area contributed by atoms with E-state index in [2.05, 4.69) is 32.7 Å². The van der Waals surface area contributed by atoms with E-state index in [-0.39, 0.29) is 69.1 Å². The lowest BCUT2D eigenvalue weighted by Gasteiger charge is -2.14. The average Bonchev–Trinajstić information content (AvgIpc) is 1.54. The number of terminal acetylenes is 1. The van der Waals surface area contributed by atoms with Crippen molar-refractivity contribution in [3.63, 3.8) is 0 Å². The third-order valence-electron chi connectivity index (χ3n) is 21.8. The number of carbonyl (C=O) groups excluding carboxylic acids is 4. The van der Waals surface area contributed by atoms with E-state index in [1.165, 1.54) is 69.6 Å². The molecule has 3 atom stereocenters. The lowest BCUT2D eigenvalue weighted by atomic mass is 9.97. The number of aryl methyl sites for hydroxylation is 4. The summed E-state index contributed by atoms with van der Waals surface area (Å²) in [7, 11) is 6.32. The van der Waals surface area contributed by atoms with Crippen molar-refractivity contribution in [1.82, 2.24) is 0 Å². The first kappa shape index (κ1) is 91.4. The Morgan fingerprint density at radius 1 is 0.354 bits per heavy atom. The van der Waals surface area contributed by atoms with Crippen molar-refractivity contribution in [3.8, 4) is 148 Å². The zero-order valence-corrected chi connectivity index (χ0v) is 71.2. The van der Waals surface area contributed by atoms with Gasteiger partial charge in [-0.25, -0.2) is 36.7 Å². The predicted molar refractivity (Wildman–Crippen MR) is 483 cm³/mol. The first-order chi connectivity index (χ1) is 61.2. The Morgan fingerprint density at radius 2 is 0.661 bits per heavy atom. The summed E-state index contributed by atoms with van der Waals surface area (Å²) in [4.78, 5) is 57.6. The van der Waals surface area contributed by atoms with Crippen molar-refractivity contribution >= 4 is 29.7 Å². The van der Waals surface area contributed by atoms with Gasteiger partial charge in [0, 0.05) is 56.5 Å². The fourth-order valence-corrected chi connectivity index (χ4v) is 14.9. The van der Waals surface area contributed by atoms with Gasteiger partial charge in [0.15, 0.2) is 51.8 Å². The van der Waals surface area contributed by atoms with Crippen LogP contribution < -0.4 is 28.4 Å². The highest BCUT2D eigenvalue weighted by molar-refractivity contribution is 6.01. The van der Waals surface area contributed by atoms with Crippen LogP contribution in [0.25, 0.3) is 89.0 Å². The quantitative estimate of drug-likeness (QED) is 0.0126. The molecule has 12 aromatic carbocycles. The molecule has 3 unspecified atom stereocenters. The van der Waals surface area contributed by atoms with Crippen LogP contribution in [0.1, 0.15) is 122 Å². The Bertz CT molecular complexity index is 6370. The number of rotatable bonds is 19. The Morgan fingerprint density at radius 3 is 1.04 bits per heavy atom. The van der Waals surface area contributed by atoms with E-state index in [0.717, 1.165) is 109 Å². The van der Waals surface area contributed by atoms with Gasteiger partial charge in [-0.15, -0.1) is 12.8 Å². The molecule has 4 aliphatic carbocycles. The number of carbonyl (C=O) groups is 5. The minimum Gasteiger partial charge on any atom is -0.504 e. The zero-order chi connectivity index (χ0) is 92.5. The molecular formula is C106H94F4O17. The fraction of sp³-hybridized carbons (Fsp3) is 0.179. The van der Waals surface area contributed by atoms with Gasteiger partial charge in [-0.1, -0.05) is 172 Å². The number of methoxy groups -OCH3 is 4. The molecule has 0 saturated heterocycles. The second-order valence-electron chi connectivity index (χ2n) is 30.6. The summed E-state index contributed by atoms with van der Waals surface area (Å²) < 4.78 is 103. The fourth-order valence-electron chi connectivity index (χ4n) is 14.9. The third kappa shape index (κ3) is 22.0. The number of ketones is 1. The monoisotopic (exact) mass is 1720 g/mol. The summed E-state index contributed by atoms with van der Waals surface area (Å²) in [5, 5.41) is 46.7. The first-order valence-electron chi connectivity index (χ1n) is 40.8. The Hall–Kier alpha value is -14.9. The molecule has 127 heavy (non-hydrogen) atoms. The third-order valence-corrected chi connectivity index (χ3v) is 21.8. The van der Waals surface area contributed by atoms with Gasteiger partial charge in [0.1, 0.15) is 30.7 Å². The normalized spacial score (nSPS) is 13.9. The van der Waals surface area contributed by atoms with E-state index < -0.39 is 41.9 Å².